The van der Waals surface area contributed by atoms with E-state index in [0.717, 1.165) is 5.69 Å². The maximum Gasteiger partial charge on any atom is 0.139 e. The van der Waals surface area contributed by atoms with E-state index in [2.05, 4.69) is 11.4 Å². The van der Waals surface area contributed by atoms with Crippen molar-refractivity contribution >= 4 is 17.3 Å². The van der Waals surface area contributed by atoms with E-state index in [1.54, 1.807) is 30.3 Å². The summed E-state index contributed by atoms with van der Waals surface area (Å²) in [5.41, 5.74) is 1.99. The first-order valence-corrected chi connectivity index (χ1v) is 5.79. The molecule has 4 heteroatoms. The number of aromatic hydroxyl groups is 1. The molecule has 0 radical (unpaired) electrons. The van der Waals surface area contributed by atoms with Gasteiger partial charge in [-0.2, -0.15) is 5.26 Å². The average molecular weight is 259 g/mol. The summed E-state index contributed by atoms with van der Waals surface area (Å²) in [7, 11) is 0. The van der Waals surface area contributed by atoms with Crippen molar-refractivity contribution in [1.29, 1.82) is 5.26 Å². The Kier molecular flexibility index (Phi) is 3.71. The van der Waals surface area contributed by atoms with Crippen LogP contribution >= 0.6 is 11.6 Å². The second-order valence-electron chi connectivity index (χ2n) is 3.76. The first-order chi connectivity index (χ1) is 8.72. The fourth-order valence-electron chi connectivity index (χ4n) is 1.63. The highest BCUT2D eigenvalue weighted by atomic mass is 35.5. The van der Waals surface area contributed by atoms with Crippen molar-refractivity contribution in [3.05, 3.63) is 58.6 Å². The minimum atomic E-state index is 0.0705. The summed E-state index contributed by atoms with van der Waals surface area (Å²) in [6, 6.07) is 14.5. The molecule has 2 rings (SSSR count). The predicted molar refractivity (Wildman–Crippen MR) is 71.6 cm³/mol. The molecule has 0 bridgehead atoms. The number of nitrogens with zero attached hydrogens (tertiary/aromatic N) is 1. The van der Waals surface area contributed by atoms with Crippen LogP contribution in [0.1, 0.15) is 11.1 Å². The quantitative estimate of drug-likeness (QED) is 0.886. The van der Waals surface area contributed by atoms with Crippen molar-refractivity contribution in [2.24, 2.45) is 0 Å². The number of rotatable bonds is 3. The normalized spacial score (nSPS) is 9.78. The zero-order chi connectivity index (χ0) is 13.0. The van der Waals surface area contributed by atoms with Crippen LogP contribution in [0.4, 0.5) is 5.69 Å². The van der Waals surface area contributed by atoms with Gasteiger partial charge in [-0.1, -0.05) is 35.9 Å². The molecular weight excluding hydrogens is 248 g/mol. The van der Waals surface area contributed by atoms with Gasteiger partial charge in [0.25, 0.3) is 0 Å². The summed E-state index contributed by atoms with van der Waals surface area (Å²) in [5.74, 6) is 0.0705. The van der Waals surface area contributed by atoms with Crippen LogP contribution in [-0.4, -0.2) is 5.11 Å². The minimum absolute atomic E-state index is 0.0705. The summed E-state index contributed by atoms with van der Waals surface area (Å²) >= 11 is 5.82. The van der Waals surface area contributed by atoms with Crippen LogP contribution in [0.15, 0.2) is 42.5 Å². The van der Waals surface area contributed by atoms with Crippen molar-refractivity contribution < 1.29 is 5.11 Å². The van der Waals surface area contributed by atoms with E-state index < -0.39 is 0 Å². The molecule has 0 aliphatic rings. The molecule has 0 heterocycles. The molecule has 18 heavy (non-hydrogen) atoms. The number of para-hydroxylation sites is 2. The van der Waals surface area contributed by atoms with Crippen molar-refractivity contribution in [3.63, 3.8) is 0 Å². The molecule has 0 spiro atoms. The Balaban J connectivity index is 2.17. The lowest BCUT2D eigenvalue weighted by atomic mass is 10.1. The van der Waals surface area contributed by atoms with Gasteiger partial charge in [-0.25, -0.2) is 0 Å². The van der Waals surface area contributed by atoms with E-state index in [9.17, 15) is 5.11 Å². The highest BCUT2D eigenvalue weighted by Crippen LogP contribution is 2.27. The Bertz CT molecular complexity index is 605. The number of nitriles is 1. The lowest BCUT2D eigenvalue weighted by molar-refractivity contribution is 0.469. The monoisotopic (exact) mass is 258 g/mol. The van der Waals surface area contributed by atoms with E-state index in [0.29, 0.717) is 22.7 Å². The Morgan fingerprint density at radius 3 is 2.72 bits per heavy atom. The molecule has 2 N–H and O–H groups in total. The molecule has 0 atom stereocenters. The highest BCUT2D eigenvalue weighted by Gasteiger charge is 2.06. The Labute approximate surface area is 110 Å². The lowest BCUT2D eigenvalue weighted by Gasteiger charge is -2.10. The number of phenolic OH excluding ortho intramolecular Hbond substituents is 1. The summed E-state index contributed by atoms with van der Waals surface area (Å²) in [6.45, 7) is 0.408. The predicted octanol–water partition coefficient (Wildman–Crippen LogP) is 3.53. The Morgan fingerprint density at radius 1 is 1.17 bits per heavy atom. The molecule has 0 saturated heterocycles. The topological polar surface area (TPSA) is 56.0 Å². The van der Waals surface area contributed by atoms with Crippen LogP contribution in [0.2, 0.25) is 5.02 Å². The van der Waals surface area contributed by atoms with Gasteiger partial charge >= 0.3 is 0 Å². The van der Waals surface area contributed by atoms with Gasteiger partial charge in [-0.15, -0.1) is 0 Å². The lowest BCUT2D eigenvalue weighted by Crippen LogP contribution is -2.01. The Morgan fingerprint density at radius 2 is 1.94 bits per heavy atom. The van der Waals surface area contributed by atoms with Gasteiger partial charge in [0.15, 0.2) is 0 Å². The van der Waals surface area contributed by atoms with Crippen molar-refractivity contribution in [3.8, 4) is 11.8 Å². The third-order valence-electron chi connectivity index (χ3n) is 2.59. The molecule has 2 aromatic rings. The van der Waals surface area contributed by atoms with Crippen molar-refractivity contribution in [2.75, 3.05) is 5.32 Å². The average Bonchev–Trinajstić information content (AvgIpc) is 2.41. The van der Waals surface area contributed by atoms with Crippen LogP contribution in [0.25, 0.3) is 0 Å². The van der Waals surface area contributed by atoms with Gasteiger partial charge in [0.2, 0.25) is 0 Å². The van der Waals surface area contributed by atoms with Gasteiger partial charge in [0, 0.05) is 12.1 Å². The summed E-state index contributed by atoms with van der Waals surface area (Å²) in [5, 5.41) is 22.1. The second-order valence-corrected chi connectivity index (χ2v) is 4.17. The zero-order valence-electron chi connectivity index (χ0n) is 9.52. The van der Waals surface area contributed by atoms with E-state index in [4.69, 9.17) is 16.9 Å². The summed E-state index contributed by atoms with van der Waals surface area (Å²) < 4.78 is 0. The maximum atomic E-state index is 9.77. The number of benzene rings is 2. The SMILES string of the molecule is N#Cc1ccccc1NCc1cccc(Cl)c1O. The molecule has 2 aromatic carbocycles. The fourth-order valence-corrected chi connectivity index (χ4v) is 1.82. The van der Waals surface area contributed by atoms with Gasteiger partial charge < -0.3 is 10.4 Å². The van der Waals surface area contributed by atoms with Crippen LogP contribution in [0.3, 0.4) is 0 Å². The smallest absolute Gasteiger partial charge is 0.139 e. The number of anilines is 1. The van der Waals surface area contributed by atoms with Crippen LogP contribution in [-0.2, 0) is 6.54 Å². The molecule has 0 fully saturated rings. The van der Waals surface area contributed by atoms with Crippen LogP contribution in [0.5, 0.6) is 5.75 Å². The largest absolute Gasteiger partial charge is 0.506 e. The second kappa shape index (κ2) is 5.44. The first-order valence-electron chi connectivity index (χ1n) is 5.41. The zero-order valence-corrected chi connectivity index (χ0v) is 10.3. The van der Waals surface area contributed by atoms with Gasteiger partial charge in [0.05, 0.1) is 16.3 Å². The molecule has 0 saturated carbocycles. The number of hydrogen-bond donors (Lipinski definition) is 2. The molecule has 3 nitrogen and oxygen atoms in total. The molecule has 0 aromatic heterocycles. The van der Waals surface area contributed by atoms with Crippen molar-refractivity contribution in [2.45, 2.75) is 6.54 Å². The standard InChI is InChI=1S/C14H11ClN2O/c15-12-6-3-5-11(14(12)18)9-17-13-7-2-1-4-10(13)8-16/h1-7,17-18H,9H2. The maximum absolute atomic E-state index is 9.77. The van der Waals surface area contributed by atoms with E-state index in [1.807, 2.05) is 12.1 Å². The number of phenols is 1. The highest BCUT2D eigenvalue weighted by molar-refractivity contribution is 6.32. The van der Waals surface area contributed by atoms with Crippen molar-refractivity contribution in [1.82, 2.24) is 0 Å². The van der Waals surface area contributed by atoms with Crippen LogP contribution < -0.4 is 5.32 Å². The molecule has 0 aliphatic heterocycles. The Hall–Kier alpha value is -2.18. The minimum Gasteiger partial charge on any atom is -0.506 e. The third kappa shape index (κ3) is 2.55. The van der Waals surface area contributed by atoms with E-state index in [1.165, 1.54) is 0 Å². The van der Waals surface area contributed by atoms with Gasteiger partial charge in [0.1, 0.15) is 11.8 Å². The molecule has 0 amide bonds. The fraction of sp³-hybridized carbons (Fsp3) is 0.0714. The number of hydrogen-bond acceptors (Lipinski definition) is 3. The number of halogens is 1. The molecule has 90 valence electrons. The van der Waals surface area contributed by atoms with E-state index >= 15 is 0 Å². The summed E-state index contributed by atoms with van der Waals surface area (Å²) in [4.78, 5) is 0. The van der Waals surface area contributed by atoms with Gasteiger partial charge in [-0.3, -0.25) is 0 Å². The first kappa shape index (κ1) is 12.3. The number of nitrogens with one attached hydrogen (secondary N) is 1. The molecule has 0 aliphatic carbocycles. The van der Waals surface area contributed by atoms with Crippen LogP contribution in [0, 0.1) is 11.3 Å². The third-order valence-corrected chi connectivity index (χ3v) is 2.89. The molecule has 0 unspecified atom stereocenters. The van der Waals surface area contributed by atoms with Gasteiger partial charge in [-0.05, 0) is 18.2 Å². The van der Waals surface area contributed by atoms with E-state index in [-0.39, 0.29) is 5.75 Å². The molecular formula is C14H11ClN2O. The summed E-state index contributed by atoms with van der Waals surface area (Å²) in [6.07, 6.45) is 0.